The lowest BCUT2D eigenvalue weighted by atomic mass is 10.1. The van der Waals surface area contributed by atoms with Gasteiger partial charge in [-0.1, -0.05) is 18.2 Å². The fourth-order valence-electron chi connectivity index (χ4n) is 2.52. The van der Waals surface area contributed by atoms with Crippen LogP contribution in [-0.2, 0) is 14.3 Å². The molecule has 0 spiro atoms. The maximum atomic E-state index is 12.6. The van der Waals surface area contributed by atoms with E-state index in [0.717, 1.165) is 11.8 Å². The lowest BCUT2D eigenvalue weighted by Crippen LogP contribution is -2.50. The number of benzene rings is 1. The Morgan fingerprint density at radius 3 is 2.92 bits per heavy atom. The van der Waals surface area contributed by atoms with Crippen LogP contribution in [-0.4, -0.2) is 37.6 Å². The van der Waals surface area contributed by atoms with E-state index in [1.165, 1.54) is 23.0 Å². The molecule has 1 aromatic rings. The molecule has 1 saturated heterocycles. The van der Waals surface area contributed by atoms with Crippen molar-refractivity contribution in [2.45, 2.75) is 11.0 Å². The smallest absolute Gasteiger partial charge is 0.360 e. The summed E-state index contributed by atoms with van der Waals surface area (Å²) in [5.41, 5.74) is 0.817. The van der Waals surface area contributed by atoms with Crippen LogP contribution in [0.3, 0.4) is 0 Å². The van der Waals surface area contributed by atoms with Crippen molar-refractivity contribution in [2.75, 3.05) is 6.54 Å². The van der Waals surface area contributed by atoms with Gasteiger partial charge < -0.3 is 13.8 Å². The van der Waals surface area contributed by atoms with Gasteiger partial charge in [0.05, 0.1) is 11.6 Å². The highest BCUT2D eigenvalue weighted by Gasteiger charge is 2.48. The van der Waals surface area contributed by atoms with Crippen molar-refractivity contribution in [3.63, 3.8) is 0 Å². The molecule has 1 unspecified atom stereocenters. The number of carbonyl (C=O) groups is 3. The Morgan fingerprint density at radius 2 is 2.16 bits per heavy atom. The van der Waals surface area contributed by atoms with E-state index in [1.807, 2.05) is 6.07 Å². The first-order valence-corrected chi connectivity index (χ1v) is 8.83. The molecular formula is C15H9N3O5S2. The van der Waals surface area contributed by atoms with Crippen LogP contribution in [0.5, 0.6) is 0 Å². The van der Waals surface area contributed by atoms with Crippen LogP contribution in [0.4, 0.5) is 4.79 Å². The summed E-state index contributed by atoms with van der Waals surface area (Å²) in [5.74, 6) is -1.36. The number of carbonyl (C=O) groups excluding carboxylic acids is 3. The van der Waals surface area contributed by atoms with Gasteiger partial charge >= 0.3 is 11.9 Å². The van der Waals surface area contributed by atoms with E-state index in [0.29, 0.717) is 11.1 Å². The lowest BCUT2D eigenvalue weighted by Gasteiger charge is -2.43. The van der Waals surface area contributed by atoms with Gasteiger partial charge in [0, 0.05) is 11.8 Å². The Morgan fingerprint density at radius 1 is 1.36 bits per heavy atom. The van der Waals surface area contributed by atoms with Crippen molar-refractivity contribution in [1.82, 2.24) is 9.21 Å². The number of ether oxygens (including phenoxy) is 2. The fraction of sp³-hybridized carbons (Fsp3) is 0.200. The van der Waals surface area contributed by atoms with Gasteiger partial charge in [-0.05, 0) is 29.8 Å². The van der Waals surface area contributed by atoms with E-state index >= 15 is 0 Å². The van der Waals surface area contributed by atoms with Gasteiger partial charge in [0.15, 0.2) is 4.71 Å². The quantitative estimate of drug-likeness (QED) is 0.447. The number of hydrogen-bond donors (Lipinski definition) is 0. The predicted octanol–water partition coefficient (Wildman–Crippen LogP) is 2.18. The average Bonchev–Trinajstić information content (AvgIpc) is 2.90. The summed E-state index contributed by atoms with van der Waals surface area (Å²) < 4.78 is 11.6. The highest BCUT2D eigenvalue weighted by molar-refractivity contribution is 8.26. The standard InChI is InChI=1S/C15H9N3O5S2/c16-5-6-17-7-10(18-14(21)24-15(18)25-17)12(20)23-13-9-4-2-1-3-8(9)11(19)22-13/h1-4,7,13,15H,6H2/t13?,15-/m1/s1. The second-order valence-corrected chi connectivity index (χ2v) is 7.60. The van der Waals surface area contributed by atoms with Crippen LogP contribution in [0, 0.1) is 11.3 Å². The van der Waals surface area contributed by atoms with E-state index in [9.17, 15) is 14.4 Å². The molecule has 0 aliphatic carbocycles. The first-order valence-electron chi connectivity index (χ1n) is 7.11. The number of nitrogens with zero attached hydrogens (tertiary/aromatic N) is 3. The van der Waals surface area contributed by atoms with Gasteiger partial charge in [-0.15, -0.1) is 0 Å². The molecule has 0 saturated carbocycles. The minimum Gasteiger partial charge on any atom is -0.417 e. The molecule has 1 aromatic carbocycles. The van der Waals surface area contributed by atoms with E-state index in [4.69, 9.17) is 14.7 Å². The van der Waals surface area contributed by atoms with Crippen molar-refractivity contribution in [3.8, 4) is 6.07 Å². The van der Waals surface area contributed by atoms with Crippen LogP contribution < -0.4 is 0 Å². The van der Waals surface area contributed by atoms with E-state index in [-0.39, 0.29) is 22.2 Å². The number of rotatable bonds is 3. The van der Waals surface area contributed by atoms with Gasteiger partial charge in [0.25, 0.3) is 11.5 Å². The molecular weight excluding hydrogens is 366 g/mol. The molecule has 0 N–H and O–H groups in total. The summed E-state index contributed by atoms with van der Waals surface area (Å²) in [6.07, 6.45) is 0.242. The van der Waals surface area contributed by atoms with Crippen molar-refractivity contribution in [1.29, 1.82) is 5.26 Å². The molecule has 1 fully saturated rings. The maximum absolute atomic E-state index is 12.6. The van der Waals surface area contributed by atoms with E-state index in [2.05, 4.69) is 0 Å². The molecule has 2 atom stereocenters. The van der Waals surface area contributed by atoms with E-state index < -0.39 is 18.2 Å². The Bertz CT molecular complexity index is 865. The number of amides is 1. The highest BCUT2D eigenvalue weighted by atomic mass is 32.2. The normalized spacial score (nSPS) is 23.7. The molecule has 4 rings (SSSR count). The maximum Gasteiger partial charge on any atom is 0.360 e. The summed E-state index contributed by atoms with van der Waals surface area (Å²) in [5, 5.41) is 8.56. The zero-order valence-corrected chi connectivity index (χ0v) is 14.1. The Labute approximate surface area is 150 Å². The Balaban J connectivity index is 1.57. The van der Waals surface area contributed by atoms with Crippen LogP contribution in [0.2, 0.25) is 0 Å². The summed E-state index contributed by atoms with van der Waals surface area (Å²) in [6, 6.07) is 8.60. The van der Waals surface area contributed by atoms with Crippen LogP contribution in [0.15, 0.2) is 36.2 Å². The largest absolute Gasteiger partial charge is 0.417 e. The lowest BCUT2D eigenvalue weighted by molar-refractivity contribution is -0.164. The van der Waals surface area contributed by atoms with Gasteiger partial charge in [-0.25, -0.2) is 9.59 Å². The molecule has 3 aliphatic rings. The average molecular weight is 375 g/mol. The van der Waals surface area contributed by atoms with Gasteiger partial charge in [0.1, 0.15) is 12.2 Å². The molecule has 0 bridgehead atoms. The van der Waals surface area contributed by atoms with Crippen LogP contribution >= 0.6 is 23.7 Å². The summed E-state index contributed by atoms with van der Waals surface area (Å²) >= 11 is 2.33. The fourth-order valence-corrected chi connectivity index (χ4v) is 4.81. The highest BCUT2D eigenvalue weighted by Crippen LogP contribution is 2.47. The van der Waals surface area contributed by atoms with Crippen LogP contribution in [0.25, 0.3) is 0 Å². The minimum absolute atomic E-state index is 0.0168. The van der Waals surface area contributed by atoms with Crippen molar-refractivity contribution < 1.29 is 23.9 Å². The molecule has 0 aromatic heterocycles. The number of fused-ring (bicyclic) bond motifs is 2. The topological polar surface area (TPSA) is 99.9 Å². The summed E-state index contributed by atoms with van der Waals surface area (Å²) in [7, 11) is 0. The van der Waals surface area contributed by atoms with Gasteiger partial charge in [-0.3, -0.25) is 9.69 Å². The van der Waals surface area contributed by atoms with Crippen molar-refractivity contribution in [3.05, 3.63) is 47.3 Å². The summed E-state index contributed by atoms with van der Waals surface area (Å²) in [4.78, 5) is 37.4. The zero-order valence-electron chi connectivity index (χ0n) is 12.4. The first kappa shape index (κ1) is 15.9. The van der Waals surface area contributed by atoms with Crippen molar-refractivity contribution in [2.24, 2.45) is 0 Å². The molecule has 10 heteroatoms. The zero-order chi connectivity index (χ0) is 17.6. The number of cyclic esters (lactones) is 1. The minimum atomic E-state index is -1.15. The molecule has 3 aliphatic heterocycles. The first-order chi connectivity index (χ1) is 12.1. The third-order valence-corrected chi connectivity index (χ3v) is 5.91. The second-order valence-electron chi connectivity index (χ2n) is 5.14. The molecule has 1 amide bonds. The van der Waals surface area contributed by atoms with Gasteiger partial charge in [0.2, 0.25) is 0 Å². The second kappa shape index (κ2) is 6.02. The Hall–Kier alpha value is -2.64. The molecule has 3 heterocycles. The summed E-state index contributed by atoms with van der Waals surface area (Å²) in [6.45, 7) is 0.0573. The van der Waals surface area contributed by atoms with Crippen LogP contribution in [0.1, 0.15) is 22.2 Å². The predicted molar refractivity (Wildman–Crippen MR) is 87.3 cm³/mol. The molecule has 8 nitrogen and oxygen atoms in total. The molecule has 0 radical (unpaired) electrons. The van der Waals surface area contributed by atoms with Gasteiger partial charge in [-0.2, -0.15) is 5.26 Å². The number of hydrogen-bond acceptors (Lipinski definition) is 9. The van der Waals surface area contributed by atoms with Crippen molar-refractivity contribution >= 4 is 40.9 Å². The number of esters is 2. The van der Waals surface area contributed by atoms with E-state index in [1.54, 1.807) is 28.6 Å². The third-order valence-electron chi connectivity index (χ3n) is 3.66. The monoisotopic (exact) mass is 375 g/mol. The molecule has 126 valence electrons. The third kappa shape index (κ3) is 2.61. The SMILES string of the molecule is N#CCN1C=C(C(=O)OC2OC(=O)c3ccccc32)N2C(=O)S[C@@H]2S1. The molecule has 25 heavy (non-hydrogen) atoms. The number of thioether (sulfide) groups is 1. The Kier molecular flexibility index (Phi) is 3.82. The number of nitriles is 1.